The van der Waals surface area contributed by atoms with Crippen LogP contribution >= 0.6 is 31.9 Å². The number of fused-ring (bicyclic) bond motifs is 2. The molecule has 17 heteroatoms. The van der Waals surface area contributed by atoms with Gasteiger partial charge in [-0.25, -0.2) is 14.8 Å². The summed E-state index contributed by atoms with van der Waals surface area (Å²) in [5, 5.41) is 17.3. The van der Waals surface area contributed by atoms with E-state index in [1.54, 1.807) is 35.7 Å². The van der Waals surface area contributed by atoms with Crippen LogP contribution in [0.4, 0.5) is 16.4 Å². The molecule has 0 aromatic carbocycles. The van der Waals surface area contributed by atoms with Crippen LogP contribution in [0.2, 0.25) is 0 Å². The second kappa shape index (κ2) is 14.7. The molecule has 6 aromatic heterocycles. The van der Waals surface area contributed by atoms with Gasteiger partial charge in [0.05, 0.1) is 45.1 Å². The van der Waals surface area contributed by atoms with E-state index >= 15 is 0 Å². The highest BCUT2D eigenvalue weighted by molar-refractivity contribution is 9.11. The Morgan fingerprint density at radius 2 is 1.23 bits per heavy atom. The van der Waals surface area contributed by atoms with E-state index in [1.165, 1.54) is 32.1 Å². The molecule has 1 saturated carbocycles. The smallest absolute Gasteiger partial charge is 0.410 e. The highest BCUT2D eigenvalue weighted by Crippen LogP contribution is 2.39. The number of nitrogen functional groups attached to an aromatic ring is 2. The van der Waals surface area contributed by atoms with Crippen molar-refractivity contribution in [2.24, 2.45) is 14.1 Å². The summed E-state index contributed by atoms with van der Waals surface area (Å²) in [6, 6.07) is 0. The lowest BCUT2D eigenvalue weighted by molar-refractivity contribution is 0.0197. The Morgan fingerprint density at radius 1 is 0.736 bits per heavy atom. The van der Waals surface area contributed by atoms with Crippen molar-refractivity contribution < 1.29 is 9.53 Å². The topological polar surface area (TPSA) is 178 Å². The zero-order valence-corrected chi connectivity index (χ0v) is 33.8. The third kappa shape index (κ3) is 7.50. The first-order valence-corrected chi connectivity index (χ1v) is 19.5. The molecular formula is C36H45Br2N13O2. The Bertz CT molecular complexity index is 2280. The molecule has 2 aliphatic rings. The van der Waals surface area contributed by atoms with Crippen molar-refractivity contribution in [3.05, 3.63) is 57.5 Å². The summed E-state index contributed by atoms with van der Waals surface area (Å²) >= 11 is 7.25. The largest absolute Gasteiger partial charge is 0.444 e. The quantitative estimate of drug-likeness (QED) is 0.186. The Morgan fingerprint density at radius 3 is 1.70 bits per heavy atom. The number of hydrogen-bond donors (Lipinski definition) is 2. The molecule has 53 heavy (non-hydrogen) atoms. The number of aromatic nitrogens is 10. The van der Waals surface area contributed by atoms with Gasteiger partial charge in [0.15, 0.2) is 11.3 Å². The normalized spacial score (nSPS) is 17.0. The molecule has 6 aromatic rings. The summed E-state index contributed by atoms with van der Waals surface area (Å²) < 4.78 is 14.0. The number of anilines is 2. The van der Waals surface area contributed by atoms with E-state index in [0.29, 0.717) is 40.8 Å². The molecule has 1 atom stereocenters. The van der Waals surface area contributed by atoms with Gasteiger partial charge in [0, 0.05) is 73.7 Å². The van der Waals surface area contributed by atoms with Crippen molar-refractivity contribution in [1.82, 2.24) is 53.7 Å². The second-order valence-electron chi connectivity index (χ2n) is 14.9. The van der Waals surface area contributed by atoms with Crippen LogP contribution in [0.5, 0.6) is 0 Å². The molecule has 15 nitrogen and oxygen atoms in total. The molecule has 8 rings (SSSR count). The van der Waals surface area contributed by atoms with Gasteiger partial charge in [-0.15, -0.1) is 0 Å². The van der Waals surface area contributed by atoms with Crippen LogP contribution in [0.25, 0.3) is 33.5 Å². The lowest BCUT2D eigenvalue weighted by Gasteiger charge is -2.34. The Balaban J connectivity index is 0.000000170. The van der Waals surface area contributed by atoms with Gasteiger partial charge in [-0.2, -0.15) is 29.4 Å². The molecule has 0 radical (unpaired) electrons. The number of carbonyl (C=O) groups excluding carboxylic acids is 1. The molecule has 0 bridgehead atoms. The monoisotopic (exact) mass is 849 g/mol. The molecule has 1 aliphatic carbocycles. The molecule has 1 unspecified atom stereocenters. The van der Waals surface area contributed by atoms with Crippen LogP contribution in [-0.2, 0) is 18.8 Å². The van der Waals surface area contributed by atoms with E-state index in [1.807, 2.05) is 59.7 Å². The maximum atomic E-state index is 12.6. The van der Waals surface area contributed by atoms with E-state index in [9.17, 15) is 4.79 Å². The molecule has 7 heterocycles. The third-order valence-electron chi connectivity index (χ3n) is 9.78. The number of rotatable bonds is 4. The minimum absolute atomic E-state index is 0.0459. The maximum Gasteiger partial charge on any atom is 0.410 e. The predicted molar refractivity (Wildman–Crippen MR) is 210 cm³/mol. The number of likely N-dealkylation sites (tertiary alicyclic amines) is 1. The van der Waals surface area contributed by atoms with Gasteiger partial charge in [-0.3, -0.25) is 9.36 Å². The number of halogens is 2. The van der Waals surface area contributed by atoms with Crippen molar-refractivity contribution in [3.63, 3.8) is 0 Å². The minimum Gasteiger partial charge on any atom is -0.444 e. The number of piperidine rings is 1. The van der Waals surface area contributed by atoms with Crippen LogP contribution in [0, 0.1) is 0 Å². The summed E-state index contributed by atoms with van der Waals surface area (Å²) in [6.45, 7) is 6.83. The summed E-state index contributed by atoms with van der Waals surface area (Å²) in [4.78, 5) is 24.2. The van der Waals surface area contributed by atoms with Gasteiger partial charge in [-0.05, 0) is 78.3 Å². The van der Waals surface area contributed by atoms with Crippen LogP contribution in [0.1, 0.15) is 88.9 Å². The van der Waals surface area contributed by atoms with Gasteiger partial charge in [-0.1, -0.05) is 19.3 Å². The standard InChI is InChI=1S/C20H26BrN7O2.C16H19BrN6/c1-20(2,3)30-19(29)27-7-5-6-12(11-27)16-15(21)17(22)28-18(25-16)14(9-24-28)13-8-23-26(4)10-13;1-22-9-11(7-19-22)12-8-20-23-15(18)13(17)14(21-16(12)23)10-5-3-2-4-6-10/h8-10,12H,5-7,11,22H2,1-4H3;7-10H,2-6,18H2,1H3. The second-order valence-corrected chi connectivity index (χ2v) is 16.5. The summed E-state index contributed by atoms with van der Waals surface area (Å²) in [5.41, 5.74) is 19.3. The molecular weight excluding hydrogens is 806 g/mol. The van der Waals surface area contributed by atoms with E-state index < -0.39 is 5.60 Å². The number of nitrogens with zero attached hydrogens (tertiary/aromatic N) is 11. The first-order chi connectivity index (χ1) is 25.3. The molecule has 1 saturated heterocycles. The molecule has 1 aliphatic heterocycles. The van der Waals surface area contributed by atoms with E-state index in [4.69, 9.17) is 26.2 Å². The van der Waals surface area contributed by atoms with Crippen LogP contribution < -0.4 is 11.5 Å². The van der Waals surface area contributed by atoms with Crippen molar-refractivity contribution in [2.45, 2.75) is 83.2 Å². The number of nitrogens with two attached hydrogens (primary N) is 2. The molecule has 280 valence electrons. The molecule has 1 amide bonds. The first kappa shape index (κ1) is 36.8. The summed E-state index contributed by atoms with van der Waals surface area (Å²) in [6.07, 6.45) is 18.8. The van der Waals surface area contributed by atoms with Gasteiger partial charge in [0.2, 0.25) is 0 Å². The van der Waals surface area contributed by atoms with Crippen molar-refractivity contribution in [1.29, 1.82) is 0 Å². The van der Waals surface area contributed by atoms with E-state index in [2.05, 4.69) is 52.3 Å². The average Bonchev–Trinajstić information content (AvgIpc) is 3.95. The van der Waals surface area contributed by atoms with Gasteiger partial charge >= 0.3 is 6.09 Å². The third-order valence-corrected chi connectivity index (χ3v) is 11.4. The number of carbonyl (C=O) groups is 1. The molecule has 0 spiro atoms. The first-order valence-electron chi connectivity index (χ1n) is 17.9. The molecule has 2 fully saturated rings. The number of hydrogen-bond acceptors (Lipinski definition) is 10. The Labute approximate surface area is 324 Å². The zero-order valence-electron chi connectivity index (χ0n) is 30.6. The fourth-order valence-corrected chi connectivity index (χ4v) is 8.32. The van der Waals surface area contributed by atoms with Crippen LogP contribution in [0.3, 0.4) is 0 Å². The molecule has 4 N–H and O–H groups in total. The van der Waals surface area contributed by atoms with Crippen LogP contribution in [0.15, 0.2) is 46.1 Å². The van der Waals surface area contributed by atoms with E-state index in [0.717, 1.165) is 56.6 Å². The minimum atomic E-state index is -0.525. The fourth-order valence-electron chi connectivity index (χ4n) is 7.16. The number of ether oxygens (including phenoxy) is 1. The van der Waals surface area contributed by atoms with Gasteiger partial charge in [0.25, 0.3) is 0 Å². The number of aryl methyl sites for hydroxylation is 2. The van der Waals surface area contributed by atoms with Crippen molar-refractivity contribution in [2.75, 3.05) is 24.6 Å². The van der Waals surface area contributed by atoms with E-state index in [-0.39, 0.29) is 12.0 Å². The summed E-state index contributed by atoms with van der Waals surface area (Å²) in [7, 11) is 3.77. The van der Waals surface area contributed by atoms with Crippen molar-refractivity contribution >= 4 is 60.9 Å². The van der Waals surface area contributed by atoms with Crippen molar-refractivity contribution in [3.8, 4) is 22.3 Å². The zero-order chi connectivity index (χ0) is 37.6. The SMILES string of the molecule is Cn1cc(-c2cnn3c(N)c(Br)c(C4CCCCC4)nc23)cn1.Cn1cc(-c2cnn3c(N)c(Br)c(C4CCCN(C(=O)OC(C)(C)C)C4)nc23)cn1. The van der Waals surface area contributed by atoms with Gasteiger partial charge in [0.1, 0.15) is 17.2 Å². The Kier molecular flexibility index (Phi) is 10.2. The highest BCUT2D eigenvalue weighted by Gasteiger charge is 2.31. The predicted octanol–water partition coefficient (Wildman–Crippen LogP) is 7.11. The lowest BCUT2D eigenvalue weighted by Crippen LogP contribution is -2.42. The highest BCUT2D eigenvalue weighted by atomic mass is 79.9. The fraction of sp³-hybridized carbons (Fsp3) is 0.472. The summed E-state index contributed by atoms with van der Waals surface area (Å²) in [5.74, 6) is 1.62. The maximum absolute atomic E-state index is 12.6. The Hall–Kier alpha value is -4.51. The average molecular weight is 852 g/mol. The lowest BCUT2D eigenvalue weighted by atomic mass is 9.87. The van der Waals surface area contributed by atoms with Gasteiger partial charge < -0.3 is 21.1 Å². The number of amides is 1. The van der Waals surface area contributed by atoms with Crippen LogP contribution in [-0.4, -0.2) is 78.4 Å².